The van der Waals surface area contributed by atoms with E-state index < -0.39 is 0 Å². The van der Waals surface area contributed by atoms with Crippen molar-refractivity contribution in [3.8, 4) is 0 Å². The van der Waals surface area contributed by atoms with Crippen molar-refractivity contribution in [2.24, 2.45) is 0 Å². The van der Waals surface area contributed by atoms with Gasteiger partial charge >= 0.3 is 0 Å². The van der Waals surface area contributed by atoms with Crippen LogP contribution in [-0.4, -0.2) is 15.7 Å². The van der Waals surface area contributed by atoms with Crippen LogP contribution in [0, 0.1) is 20.8 Å². The van der Waals surface area contributed by atoms with Gasteiger partial charge in [-0.25, -0.2) is 0 Å². The molecule has 1 N–H and O–H groups in total. The van der Waals surface area contributed by atoms with Gasteiger partial charge in [-0.2, -0.15) is 5.10 Å². The summed E-state index contributed by atoms with van der Waals surface area (Å²) in [5.41, 5.74) is 5.95. The molecule has 0 saturated heterocycles. The second kappa shape index (κ2) is 7.83. The molecule has 0 bridgehead atoms. The van der Waals surface area contributed by atoms with Gasteiger partial charge in [-0.3, -0.25) is 9.48 Å². The fraction of sp³-hybridized carbons (Fsp3) is 0.182. The van der Waals surface area contributed by atoms with Gasteiger partial charge in [0.25, 0.3) is 0 Å². The maximum absolute atomic E-state index is 12.3. The third-order valence-electron chi connectivity index (χ3n) is 4.31. The summed E-state index contributed by atoms with van der Waals surface area (Å²) in [4.78, 5) is 12.3. The Morgan fingerprint density at radius 2 is 1.73 bits per heavy atom. The number of anilines is 1. The molecule has 4 nitrogen and oxygen atoms in total. The fourth-order valence-electron chi connectivity index (χ4n) is 2.80. The molecule has 1 aromatic heterocycles. The van der Waals surface area contributed by atoms with E-state index in [2.05, 4.69) is 41.6 Å². The molecule has 0 radical (unpaired) electrons. The Morgan fingerprint density at radius 3 is 2.42 bits per heavy atom. The number of aromatic nitrogens is 2. The van der Waals surface area contributed by atoms with Crippen molar-refractivity contribution in [3.63, 3.8) is 0 Å². The molecule has 1 amide bonds. The van der Waals surface area contributed by atoms with E-state index >= 15 is 0 Å². The number of carbonyl (C=O) groups excluding carboxylic acids is 1. The van der Waals surface area contributed by atoms with Crippen molar-refractivity contribution < 1.29 is 4.79 Å². The number of hydrogen-bond donors (Lipinski definition) is 1. The summed E-state index contributed by atoms with van der Waals surface area (Å²) in [6, 6.07) is 18.2. The van der Waals surface area contributed by atoms with Gasteiger partial charge < -0.3 is 5.32 Å². The monoisotopic (exact) mass is 345 g/mol. The Balaban J connectivity index is 1.72. The van der Waals surface area contributed by atoms with Crippen LogP contribution in [0.15, 0.2) is 60.7 Å². The van der Waals surface area contributed by atoms with Crippen LogP contribution in [0.1, 0.15) is 28.1 Å². The zero-order valence-corrected chi connectivity index (χ0v) is 15.4. The molecule has 132 valence electrons. The normalized spacial score (nSPS) is 11.0. The fourth-order valence-corrected chi connectivity index (χ4v) is 2.80. The summed E-state index contributed by atoms with van der Waals surface area (Å²) in [6.07, 6.45) is 3.35. The topological polar surface area (TPSA) is 46.9 Å². The first kappa shape index (κ1) is 17.7. The van der Waals surface area contributed by atoms with E-state index in [1.165, 1.54) is 11.1 Å². The minimum absolute atomic E-state index is 0.157. The van der Waals surface area contributed by atoms with E-state index in [0.717, 1.165) is 22.6 Å². The van der Waals surface area contributed by atoms with E-state index in [-0.39, 0.29) is 5.91 Å². The van der Waals surface area contributed by atoms with Gasteiger partial charge in [0.1, 0.15) is 0 Å². The quantitative estimate of drug-likeness (QED) is 0.692. The molecule has 3 aromatic rings. The van der Waals surface area contributed by atoms with Crippen LogP contribution in [0.2, 0.25) is 0 Å². The Kier molecular flexibility index (Phi) is 5.32. The zero-order valence-electron chi connectivity index (χ0n) is 15.4. The van der Waals surface area contributed by atoms with E-state index in [4.69, 9.17) is 0 Å². The molecule has 0 fully saturated rings. The van der Waals surface area contributed by atoms with Gasteiger partial charge in [-0.05, 0) is 38.0 Å². The van der Waals surface area contributed by atoms with Crippen molar-refractivity contribution in [2.75, 3.05) is 5.32 Å². The summed E-state index contributed by atoms with van der Waals surface area (Å²) in [5, 5.41) is 7.53. The number of rotatable bonds is 5. The SMILES string of the molecule is Cc1ccc(Cn2nc(C)c(NC(=O)C=Cc3ccccc3)c2C)cc1. The molecule has 3 rings (SSSR count). The van der Waals surface area contributed by atoms with Crippen molar-refractivity contribution in [1.82, 2.24) is 9.78 Å². The summed E-state index contributed by atoms with van der Waals surface area (Å²) in [5.74, 6) is -0.157. The highest BCUT2D eigenvalue weighted by Gasteiger charge is 2.13. The number of nitrogens with zero attached hydrogens (tertiary/aromatic N) is 2. The molecule has 4 heteroatoms. The van der Waals surface area contributed by atoms with Gasteiger partial charge in [0.15, 0.2) is 0 Å². The van der Waals surface area contributed by atoms with Crippen LogP contribution in [0.3, 0.4) is 0 Å². The molecule has 0 unspecified atom stereocenters. The minimum Gasteiger partial charge on any atom is -0.319 e. The van der Waals surface area contributed by atoms with Crippen molar-refractivity contribution in [1.29, 1.82) is 0 Å². The van der Waals surface area contributed by atoms with E-state index in [9.17, 15) is 4.79 Å². The number of benzene rings is 2. The van der Waals surface area contributed by atoms with Gasteiger partial charge in [-0.15, -0.1) is 0 Å². The Morgan fingerprint density at radius 1 is 1.04 bits per heavy atom. The number of amides is 1. The Labute approximate surface area is 154 Å². The number of hydrogen-bond acceptors (Lipinski definition) is 2. The highest BCUT2D eigenvalue weighted by molar-refractivity contribution is 6.02. The minimum atomic E-state index is -0.157. The van der Waals surface area contributed by atoms with Crippen molar-refractivity contribution >= 4 is 17.7 Å². The summed E-state index contributed by atoms with van der Waals surface area (Å²) in [7, 11) is 0. The predicted octanol–water partition coefficient (Wildman–Crippen LogP) is 4.51. The van der Waals surface area contributed by atoms with Crippen molar-refractivity contribution in [2.45, 2.75) is 27.3 Å². The molecular formula is C22H23N3O. The maximum atomic E-state index is 12.3. The lowest BCUT2D eigenvalue weighted by Crippen LogP contribution is -2.10. The average Bonchev–Trinajstić information content (AvgIpc) is 2.90. The van der Waals surface area contributed by atoms with E-state index in [1.807, 2.05) is 48.9 Å². The largest absolute Gasteiger partial charge is 0.319 e. The number of carbonyl (C=O) groups is 1. The van der Waals surface area contributed by atoms with E-state index in [1.54, 1.807) is 12.2 Å². The lowest BCUT2D eigenvalue weighted by atomic mass is 10.1. The molecule has 1 heterocycles. The highest BCUT2D eigenvalue weighted by atomic mass is 16.1. The smallest absolute Gasteiger partial charge is 0.248 e. The van der Waals surface area contributed by atoms with Gasteiger partial charge in [0.05, 0.1) is 23.6 Å². The van der Waals surface area contributed by atoms with Crippen LogP contribution in [0.5, 0.6) is 0 Å². The van der Waals surface area contributed by atoms with Gasteiger partial charge in [0, 0.05) is 6.08 Å². The third kappa shape index (κ3) is 4.28. The molecule has 0 atom stereocenters. The first-order chi connectivity index (χ1) is 12.5. The first-order valence-corrected chi connectivity index (χ1v) is 8.66. The average molecular weight is 345 g/mol. The Bertz CT molecular complexity index is 922. The standard InChI is InChI=1S/C22H23N3O/c1-16-9-11-20(12-10-16)15-25-18(3)22(17(2)24-25)23-21(26)14-13-19-7-5-4-6-8-19/h4-14H,15H2,1-3H3,(H,23,26). The molecule has 0 spiro atoms. The molecule has 2 aromatic carbocycles. The van der Waals surface area contributed by atoms with Crippen LogP contribution >= 0.6 is 0 Å². The molecule has 26 heavy (non-hydrogen) atoms. The predicted molar refractivity (Wildman–Crippen MR) is 106 cm³/mol. The van der Waals surface area contributed by atoms with Gasteiger partial charge in [0.2, 0.25) is 5.91 Å². The van der Waals surface area contributed by atoms with Crippen LogP contribution in [-0.2, 0) is 11.3 Å². The number of aryl methyl sites for hydroxylation is 2. The maximum Gasteiger partial charge on any atom is 0.248 e. The Hall–Kier alpha value is -3.14. The second-order valence-corrected chi connectivity index (χ2v) is 6.42. The lowest BCUT2D eigenvalue weighted by molar-refractivity contribution is -0.111. The van der Waals surface area contributed by atoms with Crippen molar-refractivity contribution in [3.05, 3.63) is 88.8 Å². The zero-order chi connectivity index (χ0) is 18.5. The van der Waals surface area contributed by atoms with Crippen LogP contribution in [0.4, 0.5) is 5.69 Å². The third-order valence-corrected chi connectivity index (χ3v) is 4.31. The highest BCUT2D eigenvalue weighted by Crippen LogP contribution is 2.20. The van der Waals surface area contributed by atoms with E-state index in [0.29, 0.717) is 6.54 Å². The summed E-state index contributed by atoms with van der Waals surface area (Å²) >= 11 is 0. The molecule has 0 aliphatic heterocycles. The summed E-state index contributed by atoms with van der Waals surface area (Å²) in [6.45, 7) is 6.65. The molecule has 0 saturated carbocycles. The molecule has 0 aliphatic carbocycles. The molecular weight excluding hydrogens is 322 g/mol. The second-order valence-electron chi connectivity index (χ2n) is 6.42. The summed E-state index contributed by atoms with van der Waals surface area (Å²) < 4.78 is 1.93. The van der Waals surface area contributed by atoms with Crippen LogP contribution < -0.4 is 5.32 Å². The van der Waals surface area contributed by atoms with Gasteiger partial charge in [-0.1, -0.05) is 60.2 Å². The molecule has 0 aliphatic rings. The lowest BCUT2D eigenvalue weighted by Gasteiger charge is -2.06. The number of nitrogens with one attached hydrogen (secondary N) is 1. The first-order valence-electron chi connectivity index (χ1n) is 8.66. The van der Waals surface area contributed by atoms with Crippen LogP contribution in [0.25, 0.3) is 6.08 Å².